The van der Waals surface area contributed by atoms with Crippen molar-refractivity contribution in [3.63, 3.8) is 0 Å². The fraction of sp³-hybridized carbons (Fsp3) is 0.579. The molecule has 4 fully saturated rings. The number of fused-ring (bicyclic) bond motifs is 3. The van der Waals surface area contributed by atoms with Gasteiger partial charge in [-0.15, -0.1) is 0 Å². The van der Waals surface area contributed by atoms with E-state index in [0.29, 0.717) is 49.7 Å². The van der Waals surface area contributed by atoms with E-state index in [-0.39, 0.29) is 17.9 Å². The van der Waals surface area contributed by atoms with Crippen molar-refractivity contribution in [2.24, 2.45) is 5.41 Å². The first kappa shape index (κ1) is 16.5. The van der Waals surface area contributed by atoms with Crippen molar-refractivity contribution >= 4 is 11.9 Å². The third kappa shape index (κ3) is 2.71. The highest BCUT2D eigenvalue weighted by Crippen LogP contribution is 2.56. The van der Waals surface area contributed by atoms with Crippen molar-refractivity contribution in [1.29, 1.82) is 0 Å². The Morgan fingerprint density at radius 1 is 1.08 bits per heavy atom. The van der Waals surface area contributed by atoms with Gasteiger partial charge in [-0.3, -0.25) is 9.59 Å². The van der Waals surface area contributed by atoms with Crippen LogP contribution in [0.1, 0.15) is 66.8 Å². The second-order valence-electron chi connectivity index (χ2n) is 7.96. The normalized spacial score (nSPS) is 35.2. The molecule has 4 aliphatic rings. The number of hydrogen-bond donors (Lipinski definition) is 2. The summed E-state index contributed by atoms with van der Waals surface area (Å²) in [5.41, 5.74) is -0.0693. The van der Waals surface area contributed by atoms with Crippen LogP contribution in [0.4, 0.5) is 8.78 Å². The number of alkyl halides is 2. The van der Waals surface area contributed by atoms with Crippen LogP contribution in [0.5, 0.6) is 0 Å². The van der Waals surface area contributed by atoms with Crippen molar-refractivity contribution in [2.45, 2.75) is 62.3 Å². The average molecular weight is 349 g/mol. The maximum atomic E-state index is 13.3. The molecule has 6 heteroatoms. The molecule has 0 aromatic heterocycles. The maximum Gasteiger partial charge on any atom is 0.309 e. The number of rotatable bonds is 4. The lowest BCUT2D eigenvalue weighted by atomic mass is 9.57. The Morgan fingerprint density at radius 2 is 1.68 bits per heavy atom. The molecule has 2 N–H and O–H groups in total. The molecule has 4 saturated carbocycles. The van der Waals surface area contributed by atoms with E-state index in [4.69, 9.17) is 0 Å². The lowest BCUT2D eigenvalue weighted by Gasteiger charge is -2.51. The topological polar surface area (TPSA) is 66.4 Å². The minimum Gasteiger partial charge on any atom is -0.481 e. The van der Waals surface area contributed by atoms with Gasteiger partial charge in [0.25, 0.3) is 11.8 Å². The second-order valence-corrected chi connectivity index (χ2v) is 7.96. The Hall–Kier alpha value is -1.98. The van der Waals surface area contributed by atoms with Crippen molar-refractivity contribution in [1.82, 2.24) is 5.32 Å². The van der Waals surface area contributed by atoms with E-state index in [1.165, 1.54) is 0 Å². The first-order valence-corrected chi connectivity index (χ1v) is 8.79. The molecule has 1 atom stereocenters. The summed E-state index contributed by atoms with van der Waals surface area (Å²) in [6.45, 7) is 0. The summed E-state index contributed by atoms with van der Waals surface area (Å²) >= 11 is 0. The molecule has 5 rings (SSSR count). The minimum absolute atomic E-state index is 0.153. The molecule has 25 heavy (non-hydrogen) atoms. The quantitative estimate of drug-likeness (QED) is 0.871. The number of carboxylic acids is 1. The molecule has 0 radical (unpaired) electrons. The van der Waals surface area contributed by atoms with Crippen molar-refractivity contribution in [2.75, 3.05) is 0 Å². The first-order valence-electron chi connectivity index (χ1n) is 8.79. The number of benzene rings is 1. The molecule has 0 spiro atoms. The van der Waals surface area contributed by atoms with Gasteiger partial charge in [0.05, 0.1) is 11.3 Å². The zero-order valence-electron chi connectivity index (χ0n) is 13.9. The van der Waals surface area contributed by atoms with E-state index in [2.05, 4.69) is 5.32 Å². The summed E-state index contributed by atoms with van der Waals surface area (Å²) in [5, 5.41) is 12.5. The molecule has 4 nitrogen and oxygen atoms in total. The number of carboxylic acid groups (broad SMARTS) is 1. The van der Waals surface area contributed by atoms with Gasteiger partial charge < -0.3 is 10.4 Å². The number of aliphatic carboxylic acids is 1. The van der Waals surface area contributed by atoms with Crippen molar-refractivity contribution < 1.29 is 23.5 Å². The SMILES string of the molecule is O=C(NC12CCC(C(=O)O)(CC1)CC2)c1cccc(C2CC2(F)F)c1. The third-order valence-electron chi connectivity index (χ3n) is 6.46. The van der Waals surface area contributed by atoms with E-state index in [1.54, 1.807) is 24.3 Å². The number of carbonyl (C=O) groups excluding carboxylic acids is 1. The zero-order valence-corrected chi connectivity index (χ0v) is 13.9. The summed E-state index contributed by atoms with van der Waals surface area (Å²) in [6.07, 6.45) is 3.56. The summed E-state index contributed by atoms with van der Waals surface area (Å²) in [4.78, 5) is 24.1. The fourth-order valence-corrected chi connectivity index (χ4v) is 4.48. The van der Waals surface area contributed by atoms with Gasteiger partial charge in [-0.25, -0.2) is 8.78 Å². The summed E-state index contributed by atoms with van der Waals surface area (Å²) < 4.78 is 26.5. The van der Waals surface area contributed by atoms with Crippen LogP contribution in [-0.2, 0) is 4.79 Å². The highest BCUT2D eigenvalue weighted by atomic mass is 19.3. The molecule has 1 aromatic rings. The lowest BCUT2D eigenvalue weighted by Crippen LogP contribution is -2.58. The van der Waals surface area contributed by atoms with Crippen LogP contribution in [0.2, 0.25) is 0 Å². The Bertz CT molecular complexity index is 721. The Morgan fingerprint density at radius 3 is 2.20 bits per heavy atom. The molecular formula is C19H21F2NO3. The van der Waals surface area contributed by atoms with Gasteiger partial charge in [0, 0.05) is 17.5 Å². The third-order valence-corrected chi connectivity index (χ3v) is 6.46. The number of carbonyl (C=O) groups is 2. The van der Waals surface area contributed by atoms with Gasteiger partial charge in [-0.1, -0.05) is 12.1 Å². The van der Waals surface area contributed by atoms with Gasteiger partial charge in [0.1, 0.15) is 0 Å². The second kappa shape index (κ2) is 5.26. The summed E-state index contributed by atoms with van der Waals surface area (Å²) in [6, 6.07) is 6.49. The number of hydrogen-bond acceptors (Lipinski definition) is 2. The van der Waals surface area contributed by atoms with Crippen LogP contribution in [0, 0.1) is 5.41 Å². The molecule has 0 saturated heterocycles. The fourth-order valence-electron chi connectivity index (χ4n) is 4.48. The molecule has 1 unspecified atom stereocenters. The van der Waals surface area contributed by atoms with Crippen molar-refractivity contribution in [3.8, 4) is 0 Å². The standard InChI is InChI=1S/C19H21F2NO3/c20-19(21)11-14(19)12-2-1-3-13(10-12)15(23)22-18-7-4-17(5-8-18,6-9-18)16(24)25/h1-3,10,14H,4-9,11H2,(H,22,23)(H,24,25). The number of halogens is 2. The Kier molecular flexibility index (Phi) is 3.47. The van der Waals surface area contributed by atoms with Gasteiger partial charge in [0.15, 0.2) is 0 Å². The predicted molar refractivity (Wildman–Crippen MR) is 86.7 cm³/mol. The van der Waals surface area contributed by atoms with Crippen LogP contribution in [-0.4, -0.2) is 28.4 Å². The van der Waals surface area contributed by atoms with Crippen LogP contribution in [0.15, 0.2) is 24.3 Å². The molecule has 1 amide bonds. The predicted octanol–water partition coefficient (Wildman–Crippen LogP) is 3.72. The van der Waals surface area contributed by atoms with Crippen LogP contribution in [0.3, 0.4) is 0 Å². The largest absolute Gasteiger partial charge is 0.481 e. The molecule has 134 valence electrons. The molecule has 0 aliphatic heterocycles. The summed E-state index contributed by atoms with van der Waals surface area (Å²) in [7, 11) is 0. The van der Waals surface area contributed by atoms with E-state index in [9.17, 15) is 23.5 Å². The average Bonchev–Trinajstić information content (AvgIpc) is 3.25. The first-order chi connectivity index (χ1) is 11.8. The summed E-state index contributed by atoms with van der Waals surface area (Å²) in [5.74, 6) is -4.42. The molecular weight excluding hydrogens is 328 g/mol. The molecule has 0 heterocycles. The van der Waals surface area contributed by atoms with Gasteiger partial charge in [-0.05, 0) is 56.2 Å². The lowest BCUT2D eigenvalue weighted by molar-refractivity contribution is -0.156. The maximum absolute atomic E-state index is 13.3. The van der Waals surface area contributed by atoms with E-state index in [1.807, 2.05) is 0 Å². The smallest absolute Gasteiger partial charge is 0.309 e. The van der Waals surface area contributed by atoms with Gasteiger partial charge in [-0.2, -0.15) is 0 Å². The monoisotopic (exact) mass is 349 g/mol. The van der Waals surface area contributed by atoms with Gasteiger partial charge in [0.2, 0.25) is 0 Å². The van der Waals surface area contributed by atoms with Crippen LogP contribution < -0.4 is 5.32 Å². The van der Waals surface area contributed by atoms with E-state index in [0.717, 1.165) is 0 Å². The Balaban J connectivity index is 1.47. The minimum atomic E-state index is -2.65. The number of amides is 1. The van der Waals surface area contributed by atoms with E-state index >= 15 is 0 Å². The van der Waals surface area contributed by atoms with Crippen LogP contribution >= 0.6 is 0 Å². The molecule has 1 aromatic carbocycles. The van der Waals surface area contributed by atoms with Crippen LogP contribution in [0.25, 0.3) is 0 Å². The highest BCUT2D eigenvalue weighted by molar-refractivity contribution is 5.95. The molecule has 4 aliphatic carbocycles. The van der Waals surface area contributed by atoms with Gasteiger partial charge >= 0.3 is 5.97 Å². The number of nitrogens with one attached hydrogen (secondary N) is 1. The zero-order chi connectivity index (χ0) is 17.9. The molecule has 2 bridgehead atoms. The van der Waals surface area contributed by atoms with Crippen molar-refractivity contribution in [3.05, 3.63) is 35.4 Å². The van der Waals surface area contributed by atoms with E-state index < -0.39 is 23.2 Å². The Labute approximate surface area is 144 Å². The highest BCUT2D eigenvalue weighted by Gasteiger charge is 2.57.